The van der Waals surface area contributed by atoms with Gasteiger partial charge in [0.1, 0.15) is 5.75 Å². The van der Waals surface area contributed by atoms with Gasteiger partial charge in [-0.2, -0.15) is 0 Å². The van der Waals surface area contributed by atoms with Crippen molar-refractivity contribution in [3.63, 3.8) is 0 Å². The Morgan fingerprint density at radius 3 is 2.75 bits per heavy atom. The average molecular weight is 272 g/mol. The number of fused-ring (bicyclic) bond motifs is 1. The fourth-order valence-electron chi connectivity index (χ4n) is 2.15. The van der Waals surface area contributed by atoms with Crippen LogP contribution in [0, 0.1) is 12.8 Å². The third-order valence-electron chi connectivity index (χ3n) is 3.28. The predicted molar refractivity (Wildman–Crippen MR) is 84.4 cm³/mol. The molecule has 0 radical (unpaired) electrons. The van der Waals surface area contributed by atoms with Crippen molar-refractivity contribution in [1.82, 2.24) is 10.3 Å². The zero-order valence-electron chi connectivity index (χ0n) is 12.9. The molecule has 3 heteroatoms. The molecule has 0 saturated heterocycles. The third-order valence-corrected chi connectivity index (χ3v) is 3.28. The number of ether oxygens (including phenoxy) is 1. The molecule has 1 N–H and O–H groups in total. The Labute approximate surface area is 121 Å². The second-order valence-electron chi connectivity index (χ2n) is 5.66. The summed E-state index contributed by atoms with van der Waals surface area (Å²) in [4.78, 5) is 4.75. The molecule has 0 unspecified atom stereocenters. The molecule has 0 amide bonds. The van der Waals surface area contributed by atoms with Gasteiger partial charge < -0.3 is 10.1 Å². The van der Waals surface area contributed by atoms with E-state index >= 15 is 0 Å². The molecule has 108 valence electrons. The van der Waals surface area contributed by atoms with Crippen LogP contribution in [0.25, 0.3) is 10.9 Å². The van der Waals surface area contributed by atoms with E-state index in [9.17, 15) is 0 Å². The molecule has 0 saturated carbocycles. The molecule has 1 heterocycles. The molecule has 0 fully saturated rings. The van der Waals surface area contributed by atoms with Gasteiger partial charge in [-0.1, -0.05) is 13.8 Å². The molecule has 2 rings (SSSR count). The molecule has 0 aliphatic carbocycles. The molecule has 0 spiro atoms. The zero-order valence-corrected chi connectivity index (χ0v) is 12.9. The molecular weight excluding hydrogens is 248 g/mol. The van der Waals surface area contributed by atoms with Crippen molar-refractivity contribution in [1.29, 1.82) is 0 Å². The summed E-state index contributed by atoms with van der Waals surface area (Å²) in [5.41, 5.74) is 3.45. The highest BCUT2D eigenvalue weighted by molar-refractivity contribution is 5.81. The molecule has 1 aromatic heterocycles. The Hall–Kier alpha value is -1.61. The number of pyridine rings is 1. The molecule has 1 aromatic carbocycles. The topological polar surface area (TPSA) is 34.2 Å². The first-order valence-corrected chi connectivity index (χ1v) is 7.28. The fourth-order valence-corrected chi connectivity index (χ4v) is 2.15. The SMILES string of the molecule is CNCCc1nc2ccc(OCC(C)C)cc2cc1C. The van der Waals surface area contributed by atoms with E-state index in [2.05, 4.69) is 38.2 Å². The Balaban J connectivity index is 2.25. The summed E-state index contributed by atoms with van der Waals surface area (Å²) in [6, 6.07) is 8.34. The Morgan fingerprint density at radius 2 is 2.05 bits per heavy atom. The minimum absolute atomic E-state index is 0.537. The third kappa shape index (κ3) is 3.70. The van der Waals surface area contributed by atoms with E-state index in [1.165, 1.54) is 11.3 Å². The van der Waals surface area contributed by atoms with Crippen LogP contribution in [-0.4, -0.2) is 25.2 Å². The van der Waals surface area contributed by atoms with Gasteiger partial charge in [0.15, 0.2) is 0 Å². The van der Waals surface area contributed by atoms with E-state index in [1.807, 2.05) is 19.2 Å². The average Bonchev–Trinajstić information content (AvgIpc) is 2.42. The first-order valence-electron chi connectivity index (χ1n) is 7.28. The van der Waals surface area contributed by atoms with E-state index in [0.717, 1.165) is 36.2 Å². The molecular formula is C17H24N2O. The van der Waals surface area contributed by atoms with E-state index in [1.54, 1.807) is 0 Å². The Morgan fingerprint density at radius 1 is 1.25 bits per heavy atom. The number of rotatable bonds is 6. The van der Waals surface area contributed by atoms with Crippen molar-refractivity contribution >= 4 is 10.9 Å². The quantitative estimate of drug-likeness (QED) is 0.875. The molecule has 0 aliphatic rings. The lowest BCUT2D eigenvalue weighted by Crippen LogP contribution is -2.12. The first kappa shape index (κ1) is 14.8. The molecule has 0 aliphatic heterocycles. The van der Waals surface area contributed by atoms with Crippen molar-refractivity contribution < 1.29 is 4.74 Å². The standard InChI is InChI=1S/C17H24N2O/c1-12(2)11-20-15-5-6-17-14(10-15)9-13(3)16(19-17)7-8-18-4/h5-6,9-10,12,18H,7-8,11H2,1-4H3. The maximum Gasteiger partial charge on any atom is 0.120 e. The van der Waals surface area contributed by atoms with Crippen LogP contribution in [-0.2, 0) is 6.42 Å². The van der Waals surface area contributed by atoms with Crippen molar-refractivity contribution in [2.45, 2.75) is 27.2 Å². The van der Waals surface area contributed by atoms with Gasteiger partial charge in [-0.25, -0.2) is 0 Å². The summed E-state index contributed by atoms with van der Waals surface area (Å²) < 4.78 is 5.77. The molecule has 0 atom stereocenters. The van der Waals surface area contributed by atoms with E-state index < -0.39 is 0 Å². The fraction of sp³-hybridized carbons (Fsp3) is 0.471. The minimum Gasteiger partial charge on any atom is -0.493 e. The van der Waals surface area contributed by atoms with Crippen LogP contribution in [0.2, 0.25) is 0 Å². The Bertz CT molecular complexity index is 578. The van der Waals surface area contributed by atoms with Crippen LogP contribution in [0.1, 0.15) is 25.1 Å². The maximum absolute atomic E-state index is 5.77. The van der Waals surface area contributed by atoms with Crippen LogP contribution >= 0.6 is 0 Å². The van der Waals surface area contributed by atoms with Crippen LogP contribution in [0.3, 0.4) is 0 Å². The van der Waals surface area contributed by atoms with Gasteiger partial charge in [0.25, 0.3) is 0 Å². The van der Waals surface area contributed by atoms with Crippen LogP contribution in [0.15, 0.2) is 24.3 Å². The van der Waals surface area contributed by atoms with Gasteiger partial charge in [0.2, 0.25) is 0 Å². The summed E-state index contributed by atoms with van der Waals surface area (Å²) >= 11 is 0. The highest BCUT2D eigenvalue weighted by Crippen LogP contribution is 2.22. The lowest BCUT2D eigenvalue weighted by Gasteiger charge is -2.11. The number of hydrogen-bond donors (Lipinski definition) is 1. The van der Waals surface area contributed by atoms with Gasteiger partial charge in [-0.15, -0.1) is 0 Å². The van der Waals surface area contributed by atoms with Gasteiger partial charge in [-0.05, 0) is 49.7 Å². The zero-order chi connectivity index (χ0) is 14.5. The Kier molecular flexibility index (Phi) is 4.96. The second kappa shape index (κ2) is 6.71. The van der Waals surface area contributed by atoms with E-state index in [4.69, 9.17) is 9.72 Å². The minimum atomic E-state index is 0.537. The number of nitrogens with one attached hydrogen (secondary N) is 1. The van der Waals surface area contributed by atoms with Gasteiger partial charge >= 0.3 is 0 Å². The monoisotopic (exact) mass is 272 g/mol. The number of aryl methyl sites for hydroxylation is 1. The summed E-state index contributed by atoms with van der Waals surface area (Å²) in [6.07, 6.45) is 0.962. The van der Waals surface area contributed by atoms with Crippen molar-refractivity contribution in [3.8, 4) is 5.75 Å². The summed E-state index contributed by atoms with van der Waals surface area (Å²) in [5, 5.41) is 4.32. The smallest absolute Gasteiger partial charge is 0.120 e. The second-order valence-corrected chi connectivity index (χ2v) is 5.66. The normalized spacial score (nSPS) is 11.2. The van der Waals surface area contributed by atoms with Crippen molar-refractivity contribution in [3.05, 3.63) is 35.5 Å². The van der Waals surface area contributed by atoms with Gasteiger partial charge in [-0.3, -0.25) is 4.98 Å². The van der Waals surface area contributed by atoms with E-state index in [0.29, 0.717) is 5.92 Å². The summed E-state index contributed by atoms with van der Waals surface area (Å²) in [6.45, 7) is 8.13. The number of benzene rings is 1. The van der Waals surface area contributed by atoms with Crippen molar-refractivity contribution in [2.75, 3.05) is 20.2 Å². The van der Waals surface area contributed by atoms with Crippen LogP contribution in [0.4, 0.5) is 0 Å². The first-order chi connectivity index (χ1) is 9.60. The number of likely N-dealkylation sites (N-methyl/N-ethyl adjacent to an activating group) is 1. The van der Waals surface area contributed by atoms with Gasteiger partial charge in [0, 0.05) is 24.0 Å². The molecule has 0 bridgehead atoms. The maximum atomic E-state index is 5.77. The molecule has 20 heavy (non-hydrogen) atoms. The number of aromatic nitrogens is 1. The number of hydrogen-bond acceptors (Lipinski definition) is 3. The summed E-state index contributed by atoms with van der Waals surface area (Å²) in [5.74, 6) is 1.46. The highest BCUT2D eigenvalue weighted by Gasteiger charge is 2.05. The molecule has 2 aromatic rings. The van der Waals surface area contributed by atoms with Gasteiger partial charge in [0.05, 0.1) is 12.1 Å². The highest BCUT2D eigenvalue weighted by atomic mass is 16.5. The lowest BCUT2D eigenvalue weighted by molar-refractivity contribution is 0.271. The number of nitrogens with zero attached hydrogens (tertiary/aromatic N) is 1. The summed E-state index contributed by atoms with van der Waals surface area (Å²) in [7, 11) is 1.97. The molecule has 3 nitrogen and oxygen atoms in total. The van der Waals surface area contributed by atoms with Crippen LogP contribution < -0.4 is 10.1 Å². The lowest BCUT2D eigenvalue weighted by atomic mass is 10.1. The van der Waals surface area contributed by atoms with Crippen molar-refractivity contribution in [2.24, 2.45) is 5.92 Å². The predicted octanol–water partition coefficient (Wildman–Crippen LogP) is 3.34. The van der Waals surface area contributed by atoms with Crippen LogP contribution in [0.5, 0.6) is 5.75 Å². The van der Waals surface area contributed by atoms with E-state index in [-0.39, 0.29) is 0 Å². The largest absolute Gasteiger partial charge is 0.493 e.